The van der Waals surface area contributed by atoms with Crippen LogP contribution in [0.3, 0.4) is 0 Å². The summed E-state index contributed by atoms with van der Waals surface area (Å²) in [5.41, 5.74) is 4.19. The lowest BCUT2D eigenvalue weighted by molar-refractivity contribution is 0.102. The minimum Gasteiger partial charge on any atom is -0.313 e. The first-order valence-corrected chi connectivity index (χ1v) is 10.1. The summed E-state index contributed by atoms with van der Waals surface area (Å²) >= 11 is 1.56. The summed E-state index contributed by atoms with van der Waals surface area (Å²) in [5.74, 6) is -0.176. The fraction of sp³-hybridized carbons (Fsp3) is 0.217. The third kappa shape index (κ3) is 3.58. The minimum absolute atomic E-state index is 0.00207. The van der Waals surface area contributed by atoms with E-state index in [0.29, 0.717) is 21.7 Å². The van der Waals surface area contributed by atoms with Gasteiger partial charge in [-0.25, -0.2) is 0 Å². The first kappa shape index (κ1) is 17.7. The number of aryl methyl sites for hydroxylation is 2. The van der Waals surface area contributed by atoms with E-state index in [4.69, 9.17) is 0 Å². The van der Waals surface area contributed by atoms with Gasteiger partial charge in [-0.1, -0.05) is 48.0 Å². The zero-order valence-electron chi connectivity index (χ0n) is 15.2. The molecular weight excluding hydrogens is 354 g/mol. The molecule has 1 heterocycles. The summed E-state index contributed by atoms with van der Waals surface area (Å²) in [5, 5.41) is 3.69. The second-order valence-electron chi connectivity index (χ2n) is 6.93. The Morgan fingerprint density at radius 3 is 2.33 bits per heavy atom. The van der Waals surface area contributed by atoms with E-state index in [1.165, 1.54) is 4.88 Å². The van der Waals surface area contributed by atoms with Gasteiger partial charge in [0.05, 0.1) is 5.56 Å². The van der Waals surface area contributed by atoms with Gasteiger partial charge in [-0.2, -0.15) is 0 Å². The van der Waals surface area contributed by atoms with Gasteiger partial charge in [0.15, 0.2) is 5.78 Å². The maximum absolute atomic E-state index is 13.3. The van der Waals surface area contributed by atoms with Gasteiger partial charge >= 0.3 is 0 Å². The first-order valence-electron chi connectivity index (χ1n) is 9.26. The van der Waals surface area contributed by atoms with E-state index in [2.05, 4.69) is 5.32 Å². The summed E-state index contributed by atoms with van der Waals surface area (Å²) in [6, 6.07) is 16.8. The quantitative estimate of drug-likeness (QED) is 0.619. The second-order valence-corrected chi connectivity index (χ2v) is 8.04. The van der Waals surface area contributed by atoms with E-state index in [-0.39, 0.29) is 11.7 Å². The predicted octanol–water partition coefficient (Wildman–Crippen LogP) is 5.42. The normalized spacial score (nSPS) is 13.1. The maximum atomic E-state index is 13.3. The van der Waals surface area contributed by atoms with Gasteiger partial charge in [-0.3, -0.25) is 9.59 Å². The standard InChI is InChI=1S/C23H21NO2S/c1-15-11-13-16(14-12-15)21(25)20-18-9-5-6-10-19(18)27-23(20)24-22(26)17-7-3-2-4-8-17/h2-4,7-8,11-14H,5-6,9-10H2,1H3,(H,24,26). The van der Waals surface area contributed by atoms with Crippen molar-refractivity contribution in [3.63, 3.8) is 0 Å². The number of carbonyl (C=O) groups excluding carboxylic acids is 2. The smallest absolute Gasteiger partial charge is 0.256 e. The lowest BCUT2D eigenvalue weighted by Crippen LogP contribution is -2.14. The van der Waals surface area contributed by atoms with E-state index < -0.39 is 0 Å². The van der Waals surface area contributed by atoms with Crippen molar-refractivity contribution in [2.24, 2.45) is 0 Å². The molecule has 0 radical (unpaired) electrons. The van der Waals surface area contributed by atoms with Crippen molar-refractivity contribution >= 4 is 28.0 Å². The highest BCUT2D eigenvalue weighted by Crippen LogP contribution is 2.39. The third-order valence-electron chi connectivity index (χ3n) is 4.98. The first-order chi connectivity index (χ1) is 13.1. The number of hydrogen-bond donors (Lipinski definition) is 1. The molecule has 136 valence electrons. The SMILES string of the molecule is Cc1ccc(C(=O)c2c(NC(=O)c3ccccc3)sc3c2CCCC3)cc1. The molecule has 0 spiro atoms. The van der Waals surface area contributed by atoms with Crippen molar-refractivity contribution in [3.8, 4) is 0 Å². The number of fused-ring (bicyclic) bond motifs is 1. The van der Waals surface area contributed by atoms with Crippen LogP contribution in [-0.2, 0) is 12.8 Å². The number of nitrogens with one attached hydrogen (secondary N) is 1. The highest BCUT2D eigenvalue weighted by atomic mass is 32.1. The van der Waals surface area contributed by atoms with Crippen LogP contribution in [0, 0.1) is 6.92 Å². The molecule has 0 aliphatic heterocycles. The van der Waals surface area contributed by atoms with Crippen LogP contribution < -0.4 is 5.32 Å². The van der Waals surface area contributed by atoms with E-state index in [1.54, 1.807) is 23.5 Å². The Hall–Kier alpha value is -2.72. The molecule has 1 aliphatic carbocycles. The summed E-state index contributed by atoms with van der Waals surface area (Å²) in [7, 11) is 0. The van der Waals surface area contributed by atoms with Crippen molar-refractivity contribution < 1.29 is 9.59 Å². The number of anilines is 1. The zero-order chi connectivity index (χ0) is 18.8. The van der Waals surface area contributed by atoms with Crippen molar-refractivity contribution in [3.05, 3.63) is 87.3 Å². The lowest BCUT2D eigenvalue weighted by Gasteiger charge is -2.13. The summed E-state index contributed by atoms with van der Waals surface area (Å²) < 4.78 is 0. The van der Waals surface area contributed by atoms with Gasteiger partial charge in [-0.05, 0) is 50.3 Å². The van der Waals surface area contributed by atoms with Crippen LogP contribution in [0.1, 0.15) is 55.1 Å². The Morgan fingerprint density at radius 1 is 0.889 bits per heavy atom. The maximum Gasteiger partial charge on any atom is 0.256 e. The average Bonchev–Trinajstić information content (AvgIpc) is 3.06. The highest BCUT2D eigenvalue weighted by molar-refractivity contribution is 7.17. The lowest BCUT2D eigenvalue weighted by atomic mass is 9.91. The number of hydrogen-bond acceptors (Lipinski definition) is 3. The van der Waals surface area contributed by atoms with Crippen LogP contribution in [0.5, 0.6) is 0 Å². The van der Waals surface area contributed by atoms with Gasteiger partial charge < -0.3 is 5.32 Å². The largest absolute Gasteiger partial charge is 0.313 e. The number of carbonyl (C=O) groups is 2. The molecular formula is C23H21NO2S. The minimum atomic E-state index is -0.174. The van der Waals surface area contributed by atoms with E-state index in [0.717, 1.165) is 36.8 Å². The van der Waals surface area contributed by atoms with Gasteiger partial charge in [0, 0.05) is 16.0 Å². The third-order valence-corrected chi connectivity index (χ3v) is 6.18. The molecule has 0 atom stereocenters. The van der Waals surface area contributed by atoms with Crippen LogP contribution >= 0.6 is 11.3 Å². The number of amides is 1. The molecule has 0 unspecified atom stereocenters. The molecule has 4 rings (SSSR count). The Kier molecular flexibility index (Phi) is 4.90. The van der Waals surface area contributed by atoms with Crippen molar-refractivity contribution in [1.82, 2.24) is 0 Å². The molecule has 0 saturated heterocycles. The van der Waals surface area contributed by atoms with Crippen LogP contribution in [0.25, 0.3) is 0 Å². The number of ketones is 1. The monoisotopic (exact) mass is 375 g/mol. The van der Waals surface area contributed by atoms with Crippen molar-refractivity contribution in [1.29, 1.82) is 0 Å². The van der Waals surface area contributed by atoms with Crippen molar-refractivity contribution in [2.45, 2.75) is 32.6 Å². The Morgan fingerprint density at radius 2 is 1.59 bits per heavy atom. The Balaban J connectivity index is 1.73. The number of benzene rings is 2. The molecule has 1 amide bonds. The highest BCUT2D eigenvalue weighted by Gasteiger charge is 2.27. The number of thiophene rings is 1. The molecule has 3 nitrogen and oxygen atoms in total. The van der Waals surface area contributed by atoms with Crippen LogP contribution in [0.15, 0.2) is 54.6 Å². The van der Waals surface area contributed by atoms with Crippen LogP contribution in [-0.4, -0.2) is 11.7 Å². The van der Waals surface area contributed by atoms with Crippen LogP contribution in [0.2, 0.25) is 0 Å². The Bertz CT molecular complexity index is 987. The van der Waals surface area contributed by atoms with E-state index >= 15 is 0 Å². The van der Waals surface area contributed by atoms with Gasteiger partial charge in [-0.15, -0.1) is 11.3 Å². The van der Waals surface area contributed by atoms with E-state index in [9.17, 15) is 9.59 Å². The molecule has 0 saturated carbocycles. The van der Waals surface area contributed by atoms with Crippen LogP contribution in [0.4, 0.5) is 5.00 Å². The second kappa shape index (κ2) is 7.49. The molecule has 4 heteroatoms. The fourth-order valence-electron chi connectivity index (χ4n) is 3.51. The number of rotatable bonds is 4. The molecule has 0 fully saturated rings. The molecule has 1 aliphatic rings. The topological polar surface area (TPSA) is 46.2 Å². The molecule has 1 aromatic heterocycles. The molecule has 2 aromatic carbocycles. The van der Waals surface area contributed by atoms with E-state index in [1.807, 2.05) is 49.4 Å². The summed E-state index contributed by atoms with van der Waals surface area (Å²) in [6.45, 7) is 2.01. The average molecular weight is 375 g/mol. The predicted molar refractivity (Wildman–Crippen MR) is 110 cm³/mol. The molecule has 0 bridgehead atoms. The summed E-state index contributed by atoms with van der Waals surface area (Å²) in [6.07, 6.45) is 4.11. The molecule has 1 N–H and O–H groups in total. The summed E-state index contributed by atoms with van der Waals surface area (Å²) in [4.78, 5) is 27.2. The zero-order valence-corrected chi connectivity index (χ0v) is 16.1. The molecule has 3 aromatic rings. The fourth-order valence-corrected chi connectivity index (χ4v) is 4.79. The van der Waals surface area contributed by atoms with Crippen molar-refractivity contribution in [2.75, 3.05) is 5.32 Å². The Labute approximate surface area is 163 Å². The molecule has 27 heavy (non-hydrogen) atoms. The van der Waals surface area contributed by atoms with Gasteiger partial charge in [0.25, 0.3) is 5.91 Å². The van der Waals surface area contributed by atoms with Gasteiger partial charge in [0.1, 0.15) is 5.00 Å². The van der Waals surface area contributed by atoms with Gasteiger partial charge in [0.2, 0.25) is 0 Å².